The van der Waals surface area contributed by atoms with Crippen LogP contribution in [0.1, 0.15) is 18.9 Å². The molecule has 1 N–H and O–H groups in total. The Morgan fingerprint density at radius 3 is 2.52 bits per heavy atom. The lowest BCUT2D eigenvalue weighted by atomic mass is 10.2. The first-order valence-electron chi connectivity index (χ1n) is 6.03. The van der Waals surface area contributed by atoms with Crippen molar-refractivity contribution in [3.63, 3.8) is 0 Å². The van der Waals surface area contributed by atoms with Gasteiger partial charge < -0.3 is 14.4 Å². The zero-order valence-corrected chi connectivity index (χ0v) is 11.2. The summed E-state index contributed by atoms with van der Waals surface area (Å²) in [4.78, 5) is 22.8. The zero-order chi connectivity index (χ0) is 15.3. The van der Waals surface area contributed by atoms with E-state index >= 15 is 0 Å². The molecule has 1 aromatic heterocycles. The van der Waals surface area contributed by atoms with Crippen LogP contribution in [0.2, 0.25) is 5.15 Å². The molecule has 0 bridgehead atoms. The molecule has 0 atom stereocenters. The lowest BCUT2D eigenvalue weighted by Crippen LogP contribution is -2.18. The summed E-state index contributed by atoms with van der Waals surface area (Å²) < 4.78 is 32.6. The summed E-state index contributed by atoms with van der Waals surface area (Å²) in [5.74, 6) is -2.92. The van der Waals surface area contributed by atoms with E-state index in [1.807, 2.05) is 0 Å². The van der Waals surface area contributed by atoms with Gasteiger partial charge in [0.1, 0.15) is 0 Å². The van der Waals surface area contributed by atoms with Crippen molar-refractivity contribution in [3.05, 3.63) is 39.1 Å². The Balaban J connectivity index is 2.42. The summed E-state index contributed by atoms with van der Waals surface area (Å²) in [6.45, 7) is 0. The normalized spacial score (nSPS) is 14.4. The third-order valence-corrected chi connectivity index (χ3v) is 3.60. The number of hydrogen-bond donors (Lipinski definition) is 1. The van der Waals surface area contributed by atoms with Crippen molar-refractivity contribution in [2.24, 2.45) is 0 Å². The summed E-state index contributed by atoms with van der Waals surface area (Å²) >= 11 is 6.02. The summed E-state index contributed by atoms with van der Waals surface area (Å²) in [5.41, 5.74) is -0.780. The van der Waals surface area contributed by atoms with Crippen LogP contribution < -0.4 is 10.2 Å². The van der Waals surface area contributed by atoms with Gasteiger partial charge in [-0.15, -0.1) is 0 Å². The van der Waals surface area contributed by atoms with E-state index in [9.17, 15) is 18.4 Å². The molecular weight excluding hydrogens is 308 g/mol. The molecule has 0 amide bonds. The van der Waals surface area contributed by atoms with Gasteiger partial charge in [-0.05, 0) is 18.9 Å². The molecule has 0 saturated heterocycles. The second kappa shape index (κ2) is 4.70. The van der Waals surface area contributed by atoms with E-state index < -0.39 is 29.0 Å². The largest absolute Gasteiger partial charge is 0.511 e. The van der Waals surface area contributed by atoms with E-state index in [1.165, 1.54) is 4.57 Å². The molecule has 8 heteroatoms. The number of benzene rings is 1. The fourth-order valence-electron chi connectivity index (χ4n) is 2.21. The average Bonchev–Trinajstić information content (AvgIpc) is 3.22. The van der Waals surface area contributed by atoms with E-state index in [0.717, 1.165) is 25.0 Å². The van der Waals surface area contributed by atoms with Crippen LogP contribution in [-0.2, 0) is 0 Å². The standard InChI is InChI=1S/C13H8ClF2NO4/c14-12-11(21-13(19)20)10(18)6-3-7(15)8(16)4-9(6)17(12)5-1-2-5/h3-5H,1-2H2,(H,19,20). The minimum absolute atomic E-state index is 0.0957. The van der Waals surface area contributed by atoms with Crippen LogP contribution in [0.5, 0.6) is 5.75 Å². The highest BCUT2D eigenvalue weighted by Crippen LogP contribution is 2.41. The number of carboxylic acid groups (broad SMARTS) is 1. The van der Waals surface area contributed by atoms with Gasteiger partial charge in [0.15, 0.2) is 16.8 Å². The molecule has 1 aliphatic rings. The SMILES string of the molecule is O=C(O)Oc1c(Cl)n(C2CC2)c2cc(F)c(F)cc2c1=O. The first kappa shape index (κ1) is 13.8. The van der Waals surface area contributed by atoms with Gasteiger partial charge in [-0.3, -0.25) is 4.79 Å². The lowest BCUT2D eigenvalue weighted by molar-refractivity contribution is 0.144. The third-order valence-electron chi connectivity index (χ3n) is 3.25. The van der Waals surface area contributed by atoms with E-state index in [-0.39, 0.29) is 22.1 Å². The summed E-state index contributed by atoms with van der Waals surface area (Å²) in [6.07, 6.45) is -0.231. The number of fused-ring (bicyclic) bond motifs is 1. The van der Waals surface area contributed by atoms with Crippen LogP contribution in [-0.4, -0.2) is 15.8 Å². The highest BCUT2D eigenvalue weighted by molar-refractivity contribution is 6.31. The molecule has 21 heavy (non-hydrogen) atoms. The number of aromatic nitrogens is 1. The van der Waals surface area contributed by atoms with Crippen LogP contribution in [0.25, 0.3) is 10.9 Å². The van der Waals surface area contributed by atoms with Crippen molar-refractivity contribution in [2.45, 2.75) is 18.9 Å². The van der Waals surface area contributed by atoms with Gasteiger partial charge >= 0.3 is 6.16 Å². The van der Waals surface area contributed by atoms with E-state index in [2.05, 4.69) is 4.74 Å². The molecule has 1 saturated carbocycles. The predicted octanol–water partition coefficient (Wildman–Crippen LogP) is 3.32. The number of halogens is 3. The number of ether oxygens (including phenoxy) is 1. The maximum atomic E-state index is 13.4. The van der Waals surface area contributed by atoms with Crippen molar-refractivity contribution in [1.29, 1.82) is 0 Å². The highest BCUT2D eigenvalue weighted by Gasteiger charge is 2.30. The lowest BCUT2D eigenvalue weighted by Gasteiger charge is -2.15. The van der Waals surface area contributed by atoms with Crippen LogP contribution >= 0.6 is 11.6 Å². The fraction of sp³-hybridized carbons (Fsp3) is 0.231. The molecule has 5 nitrogen and oxygen atoms in total. The van der Waals surface area contributed by atoms with Crippen molar-refractivity contribution >= 4 is 28.7 Å². The summed E-state index contributed by atoms with van der Waals surface area (Å²) in [6, 6.07) is 1.50. The second-order valence-electron chi connectivity index (χ2n) is 4.70. The minimum atomic E-state index is -1.71. The van der Waals surface area contributed by atoms with Gasteiger partial charge in [0, 0.05) is 12.1 Å². The third kappa shape index (κ3) is 2.23. The Morgan fingerprint density at radius 1 is 1.33 bits per heavy atom. The van der Waals surface area contributed by atoms with Gasteiger partial charge in [-0.2, -0.15) is 0 Å². The van der Waals surface area contributed by atoms with E-state index in [1.54, 1.807) is 0 Å². The van der Waals surface area contributed by atoms with Crippen LogP contribution in [0, 0.1) is 11.6 Å². The highest BCUT2D eigenvalue weighted by atomic mass is 35.5. The smallest absolute Gasteiger partial charge is 0.449 e. The molecule has 1 heterocycles. The quantitative estimate of drug-likeness (QED) is 0.682. The number of nitrogens with zero attached hydrogens (tertiary/aromatic N) is 1. The van der Waals surface area contributed by atoms with Crippen molar-refractivity contribution < 1.29 is 23.4 Å². The van der Waals surface area contributed by atoms with Crippen LogP contribution in [0.4, 0.5) is 13.6 Å². The molecule has 0 spiro atoms. The van der Waals surface area contributed by atoms with Gasteiger partial charge in [0.25, 0.3) is 0 Å². The Hall–Kier alpha value is -2.15. The fourth-order valence-corrected chi connectivity index (χ4v) is 2.57. The first-order valence-corrected chi connectivity index (χ1v) is 6.41. The molecular formula is C13H8ClF2NO4. The molecule has 110 valence electrons. The average molecular weight is 316 g/mol. The number of pyridine rings is 1. The Kier molecular flexibility index (Phi) is 3.09. The van der Waals surface area contributed by atoms with Crippen molar-refractivity contribution in [3.8, 4) is 5.75 Å². The van der Waals surface area contributed by atoms with Gasteiger partial charge in [-0.1, -0.05) is 11.6 Å². The maximum absolute atomic E-state index is 13.4. The number of rotatable bonds is 2. The van der Waals surface area contributed by atoms with Gasteiger partial charge in [0.2, 0.25) is 11.2 Å². The van der Waals surface area contributed by atoms with E-state index in [0.29, 0.717) is 0 Å². The summed E-state index contributed by atoms with van der Waals surface area (Å²) in [7, 11) is 0. The molecule has 1 aromatic carbocycles. The molecule has 2 aromatic rings. The Bertz CT molecular complexity index is 829. The monoisotopic (exact) mass is 315 g/mol. The van der Waals surface area contributed by atoms with Crippen molar-refractivity contribution in [2.75, 3.05) is 0 Å². The minimum Gasteiger partial charge on any atom is -0.449 e. The maximum Gasteiger partial charge on any atom is 0.511 e. The number of carbonyl (C=O) groups is 1. The number of hydrogen-bond acceptors (Lipinski definition) is 3. The van der Waals surface area contributed by atoms with Crippen LogP contribution in [0.3, 0.4) is 0 Å². The topological polar surface area (TPSA) is 68.5 Å². The molecule has 1 aliphatic carbocycles. The Morgan fingerprint density at radius 2 is 1.95 bits per heavy atom. The molecule has 0 radical (unpaired) electrons. The van der Waals surface area contributed by atoms with Crippen LogP contribution in [0.15, 0.2) is 16.9 Å². The first-order chi connectivity index (χ1) is 9.90. The second-order valence-corrected chi connectivity index (χ2v) is 5.06. The molecule has 0 aliphatic heterocycles. The van der Waals surface area contributed by atoms with Gasteiger partial charge in [-0.25, -0.2) is 13.6 Å². The predicted molar refractivity (Wildman–Crippen MR) is 70.1 cm³/mol. The van der Waals surface area contributed by atoms with Gasteiger partial charge in [0.05, 0.1) is 10.9 Å². The molecule has 0 unspecified atom stereocenters. The zero-order valence-electron chi connectivity index (χ0n) is 10.4. The van der Waals surface area contributed by atoms with E-state index in [4.69, 9.17) is 16.7 Å². The van der Waals surface area contributed by atoms with Crippen molar-refractivity contribution in [1.82, 2.24) is 4.57 Å². The molecule has 1 fully saturated rings. The summed E-state index contributed by atoms with van der Waals surface area (Å²) in [5, 5.41) is 8.26. The molecule has 3 rings (SSSR count). The Labute approximate surface area is 121 Å².